The maximum Gasteiger partial charge on any atom is 0.333 e. The second-order valence-corrected chi connectivity index (χ2v) is 17.4. The van der Waals surface area contributed by atoms with Gasteiger partial charge < -0.3 is 9.38 Å². The fraction of sp³-hybridized carbons (Fsp3) is 0. The van der Waals surface area contributed by atoms with Crippen molar-refractivity contribution in [1.82, 2.24) is 4.48 Å². The van der Waals surface area contributed by atoms with Crippen LogP contribution >= 0.6 is 22.7 Å². The summed E-state index contributed by atoms with van der Waals surface area (Å²) < 4.78 is 8.02. The fourth-order valence-electron chi connectivity index (χ4n) is 10.2. The predicted molar refractivity (Wildman–Crippen MR) is 241 cm³/mol. The largest absolute Gasteiger partial charge is 0.375 e. The maximum atomic E-state index is 2.71. The van der Waals surface area contributed by atoms with Crippen molar-refractivity contribution < 1.29 is 0 Å². The Morgan fingerprint density at radius 2 is 1.07 bits per heavy atom. The molecular weight excluding hydrogens is 704 g/mol. The highest BCUT2D eigenvalue weighted by Gasteiger charge is 2.44. The van der Waals surface area contributed by atoms with Crippen LogP contribution < -0.4 is 15.8 Å². The highest BCUT2D eigenvalue weighted by molar-refractivity contribution is 7.26. The third-order valence-corrected chi connectivity index (χ3v) is 14.8. The zero-order valence-electron chi connectivity index (χ0n) is 29.4. The van der Waals surface area contributed by atoms with E-state index in [-0.39, 0.29) is 6.85 Å². The summed E-state index contributed by atoms with van der Waals surface area (Å²) in [7, 11) is 0. The minimum atomic E-state index is -0.0164. The normalized spacial score (nSPS) is 13.4. The molecule has 0 radical (unpaired) electrons. The minimum absolute atomic E-state index is 0.0164. The maximum absolute atomic E-state index is 2.71. The van der Waals surface area contributed by atoms with E-state index in [9.17, 15) is 0 Å². The first kappa shape index (κ1) is 29.0. The van der Waals surface area contributed by atoms with Gasteiger partial charge in [0.1, 0.15) is 0 Å². The average Bonchev–Trinajstić information content (AvgIpc) is 3.89. The van der Waals surface area contributed by atoms with Crippen molar-refractivity contribution in [2.24, 2.45) is 0 Å². The van der Waals surface area contributed by atoms with Gasteiger partial charge in [0, 0.05) is 84.8 Å². The summed E-state index contributed by atoms with van der Waals surface area (Å²) in [5.74, 6) is 0. The molecule has 2 nitrogen and oxygen atoms in total. The van der Waals surface area contributed by atoms with Gasteiger partial charge in [-0.25, -0.2) is 0 Å². The van der Waals surface area contributed by atoms with Crippen LogP contribution in [0.25, 0.3) is 94.8 Å². The number of benzene rings is 9. The summed E-state index contributed by atoms with van der Waals surface area (Å²) in [6.07, 6.45) is 0. The van der Waals surface area contributed by atoms with Crippen LogP contribution in [0.5, 0.6) is 0 Å². The number of aromatic nitrogens is 1. The first-order valence-corrected chi connectivity index (χ1v) is 20.6. The van der Waals surface area contributed by atoms with Gasteiger partial charge in [0.15, 0.2) is 0 Å². The number of thiophene rings is 2. The second kappa shape index (κ2) is 10.2. The molecule has 0 fully saturated rings. The van der Waals surface area contributed by atoms with E-state index in [1.807, 2.05) is 22.7 Å². The van der Waals surface area contributed by atoms with E-state index >= 15 is 0 Å². The van der Waals surface area contributed by atoms with Crippen molar-refractivity contribution in [1.29, 1.82) is 0 Å². The van der Waals surface area contributed by atoms with Crippen LogP contribution in [-0.2, 0) is 0 Å². The number of fused-ring (bicyclic) bond motifs is 16. The van der Waals surface area contributed by atoms with Crippen LogP contribution in [-0.4, -0.2) is 11.3 Å². The molecule has 0 aliphatic carbocycles. The van der Waals surface area contributed by atoms with Crippen molar-refractivity contribution in [2.75, 3.05) is 4.90 Å². The van der Waals surface area contributed by atoms with Crippen LogP contribution in [0.4, 0.5) is 17.1 Å². The summed E-state index contributed by atoms with van der Waals surface area (Å²) in [4.78, 5) is 2.60. The summed E-state index contributed by atoms with van der Waals surface area (Å²) in [5.41, 5.74) is 11.7. The van der Waals surface area contributed by atoms with Crippen molar-refractivity contribution in [3.8, 4) is 11.1 Å². The van der Waals surface area contributed by atoms with Gasteiger partial charge in [-0.15, -0.1) is 22.7 Å². The number of hydrogen-bond acceptors (Lipinski definition) is 3. The Morgan fingerprint density at radius 1 is 0.418 bits per heavy atom. The lowest BCUT2D eigenvalue weighted by atomic mass is 9.44. The third kappa shape index (κ3) is 3.65. The molecule has 2 aliphatic rings. The van der Waals surface area contributed by atoms with E-state index in [1.165, 1.54) is 123 Å². The van der Waals surface area contributed by atoms with Gasteiger partial charge in [0.05, 0.1) is 0 Å². The summed E-state index contributed by atoms with van der Waals surface area (Å²) in [6, 6.07) is 62.2. The first-order valence-electron chi connectivity index (χ1n) is 18.9. The molecule has 0 saturated carbocycles. The van der Waals surface area contributed by atoms with E-state index in [2.05, 4.69) is 173 Å². The van der Waals surface area contributed by atoms with Crippen LogP contribution in [0.15, 0.2) is 164 Å². The lowest BCUT2D eigenvalue weighted by Crippen LogP contribution is -2.56. The number of para-hydroxylation sites is 1. The molecule has 9 aromatic carbocycles. The third-order valence-electron chi connectivity index (χ3n) is 12.5. The molecule has 3 aromatic heterocycles. The molecule has 0 N–H and O–H groups in total. The highest BCUT2D eigenvalue weighted by Crippen LogP contribution is 2.50. The van der Waals surface area contributed by atoms with Crippen LogP contribution in [0.2, 0.25) is 0 Å². The first-order chi connectivity index (χ1) is 27.3. The van der Waals surface area contributed by atoms with Gasteiger partial charge in [-0.2, -0.15) is 0 Å². The number of hydrogen-bond donors (Lipinski definition) is 0. The van der Waals surface area contributed by atoms with Crippen molar-refractivity contribution >= 4 is 141 Å². The summed E-state index contributed by atoms with van der Waals surface area (Å²) in [6.45, 7) is -0.0164. The number of rotatable bonds is 1. The lowest BCUT2D eigenvalue weighted by Gasteiger charge is -2.41. The van der Waals surface area contributed by atoms with Crippen molar-refractivity contribution in [2.45, 2.75) is 0 Å². The zero-order chi connectivity index (χ0) is 35.5. The minimum Gasteiger partial charge on any atom is -0.375 e. The van der Waals surface area contributed by atoms with E-state index in [0.29, 0.717) is 0 Å². The Hall–Kier alpha value is -6.40. The predicted octanol–water partition coefficient (Wildman–Crippen LogP) is 13.3. The molecule has 0 spiro atoms. The molecule has 0 atom stereocenters. The summed E-state index contributed by atoms with van der Waals surface area (Å²) >= 11 is 3.80. The molecule has 0 bridgehead atoms. The second-order valence-electron chi connectivity index (χ2n) is 15.2. The van der Waals surface area contributed by atoms with E-state index in [1.54, 1.807) is 0 Å². The van der Waals surface area contributed by atoms with E-state index in [4.69, 9.17) is 0 Å². The molecule has 55 heavy (non-hydrogen) atoms. The van der Waals surface area contributed by atoms with Gasteiger partial charge >= 0.3 is 6.85 Å². The molecule has 252 valence electrons. The fourth-order valence-corrected chi connectivity index (χ4v) is 12.5. The molecule has 14 rings (SSSR count). The molecular formula is C50H27BN2S2. The van der Waals surface area contributed by atoms with Crippen LogP contribution in [0, 0.1) is 0 Å². The van der Waals surface area contributed by atoms with Gasteiger partial charge in [-0.1, -0.05) is 103 Å². The molecule has 0 amide bonds. The van der Waals surface area contributed by atoms with Gasteiger partial charge in [-0.05, 0) is 98.7 Å². The molecule has 12 aromatic rings. The summed E-state index contributed by atoms with van der Waals surface area (Å²) in [5, 5.41) is 13.0. The number of anilines is 3. The number of nitrogens with zero attached hydrogens (tertiary/aromatic N) is 2. The van der Waals surface area contributed by atoms with Crippen molar-refractivity contribution in [3.05, 3.63) is 164 Å². The van der Waals surface area contributed by atoms with E-state index < -0.39 is 0 Å². The Morgan fingerprint density at radius 3 is 1.89 bits per heavy atom. The van der Waals surface area contributed by atoms with Crippen molar-refractivity contribution in [3.63, 3.8) is 0 Å². The molecule has 5 heteroatoms. The van der Waals surface area contributed by atoms with Crippen LogP contribution in [0.1, 0.15) is 0 Å². The van der Waals surface area contributed by atoms with E-state index in [0.717, 1.165) is 0 Å². The monoisotopic (exact) mass is 730 g/mol. The topological polar surface area (TPSA) is 8.17 Å². The quantitative estimate of drug-likeness (QED) is 0.153. The average molecular weight is 731 g/mol. The zero-order valence-corrected chi connectivity index (χ0v) is 31.0. The Balaban J connectivity index is 1.19. The van der Waals surface area contributed by atoms with Gasteiger partial charge in [-0.3, -0.25) is 0 Å². The lowest BCUT2D eigenvalue weighted by molar-refractivity contribution is 1.27. The molecule has 5 heterocycles. The Labute approximate surface area is 323 Å². The smallest absolute Gasteiger partial charge is 0.333 e. The van der Waals surface area contributed by atoms with Gasteiger partial charge in [0.25, 0.3) is 0 Å². The standard InChI is InChI=1S/C50H27BN2S2/c1-2-11-29-23-41-37(22-28(29)10-1)35-16-9-17-36-48-32-13-4-3-12-30(32)24-43-49(48)51(53(41)50(35)36)40-27-47-39(34-15-6-8-19-45(34)55-47)26-42(40)52(43)31-20-21-46-38(25-31)33-14-5-7-18-44(33)54-46/h1-27H. The van der Waals surface area contributed by atoms with Crippen LogP contribution in [0.3, 0.4) is 0 Å². The molecule has 2 aliphatic heterocycles. The SMILES string of the molecule is c1ccc2cc3c(cc2c1)c1cccc2c1n3B1c3cc4sc5ccccc5c4cc3N(c3ccc4sc5ccccc5c4c3)c3cc4ccccc4c-2c31. The van der Waals surface area contributed by atoms with Gasteiger partial charge in [0.2, 0.25) is 0 Å². The molecule has 0 unspecified atom stereocenters. The molecule has 0 saturated heterocycles. The Bertz CT molecular complexity index is 3700. The highest BCUT2D eigenvalue weighted by atomic mass is 32.1. The Kier molecular flexibility index (Phi) is 5.39.